The number of benzene rings is 3. The molecule has 7 nitrogen and oxygen atoms in total. The number of hydrogen-bond donors (Lipinski definition) is 3. The van der Waals surface area contributed by atoms with Gasteiger partial charge >= 0.3 is 0 Å². The SMILES string of the molecule is Cc1ccc([N-]C([NH2+]OCc2c(C)ccc3ccccc23)=C2NON=C2N)cc1. The second-order valence-electron chi connectivity index (χ2n) is 6.89. The van der Waals surface area contributed by atoms with Gasteiger partial charge in [-0.2, -0.15) is 15.8 Å². The van der Waals surface area contributed by atoms with Crippen LogP contribution in [-0.2, 0) is 16.4 Å². The Hall–Kier alpha value is -3.55. The predicted octanol–water partition coefficient (Wildman–Crippen LogP) is 3.13. The number of rotatable bonds is 6. The number of nitrogens with two attached hydrogens (primary N) is 2. The van der Waals surface area contributed by atoms with Crippen molar-refractivity contribution in [3.05, 3.63) is 94.2 Å². The average Bonchev–Trinajstić information content (AvgIpc) is 3.16. The van der Waals surface area contributed by atoms with Crippen molar-refractivity contribution < 1.29 is 15.3 Å². The molecular weight excluding hydrogens is 366 g/mol. The van der Waals surface area contributed by atoms with Gasteiger partial charge in [0.1, 0.15) is 6.61 Å². The van der Waals surface area contributed by atoms with E-state index in [9.17, 15) is 0 Å². The van der Waals surface area contributed by atoms with Gasteiger partial charge in [-0.25, -0.2) is 0 Å². The van der Waals surface area contributed by atoms with E-state index in [-0.39, 0.29) is 5.84 Å². The first-order chi connectivity index (χ1) is 14.1. The Morgan fingerprint density at radius 3 is 2.66 bits per heavy atom. The largest absolute Gasteiger partial charge is 0.606 e. The van der Waals surface area contributed by atoms with Crippen LogP contribution in [0.25, 0.3) is 16.1 Å². The summed E-state index contributed by atoms with van der Waals surface area (Å²) in [6.45, 7) is 4.52. The number of aryl methyl sites for hydroxylation is 2. The second kappa shape index (κ2) is 8.22. The van der Waals surface area contributed by atoms with Crippen LogP contribution in [0.4, 0.5) is 5.69 Å². The highest BCUT2D eigenvalue weighted by molar-refractivity contribution is 5.97. The van der Waals surface area contributed by atoms with Crippen molar-refractivity contribution in [3.63, 3.8) is 0 Å². The molecule has 0 atom stereocenters. The van der Waals surface area contributed by atoms with Gasteiger partial charge in [0.05, 0.1) is 5.82 Å². The van der Waals surface area contributed by atoms with Crippen LogP contribution in [0.5, 0.6) is 0 Å². The first-order valence-electron chi connectivity index (χ1n) is 9.32. The molecule has 0 aromatic heterocycles. The van der Waals surface area contributed by atoms with Gasteiger partial charge < -0.3 is 11.1 Å². The summed E-state index contributed by atoms with van der Waals surface area (Å²) in [6.07, 6.45) is 0. The molecule has 0 aliphatic carbocycles. The van der Waals surface area contributed by atoms with Gasteiger partial charge in [-0.15, -0.1) is 5.69 Å². The van der Waals surface area contributed by atoms with Crippen LogP contribution in [0, 0.1) is 13.8 Å². The third-order valence-electron chi connectivity index (χ3n) is 4.78. The maximum absolute atomic E-state index is 5.94. The summed E-state index contributed by atoms with van der Waals surface area (Å²) in [7, 11) is 0. The maximum Gasteiger partial charge on any atom is 0.197 e. The topological polar surface area (TPSA) is 99.6 Å². The molecule has 148 valence electrons. The summed E-state index contributed by atoms with van der Waals surface area (Å²) in [5, 5.41) is 10.7. The van der Waals surface area contributed by atoms with E-state index < -0.39 is 0 Å². The predicted molar refractivity (Wildman–Crippen MR) is 112 cm³/mol. The second-order valence-corrected chi connectivity index (χ2v) is 6.89. The van der Waals surface area contributed by atoms with Crippen LogP contribution in [0.3, 0.4) is 0 Å². The standard InChI is InChI=1S/C22H22N5O2/c1-14-7-11-17(12-8-14)24-22(20-21(23)26-29-25-20)27-28-13-19-15(2)9-10-16-5-3-4-6-18(16)19/h3-12,25,27H,13H2,1-2H3,(H2,23,26)/q-1/p+1. The van der Waals surface area contributed by atoms with Crippen LogP contribution in [0.15, 0.2) is 77.3 Å². The van der Waals surface area contributed by atoms with Gasteiger partial charge in [0.2, 0.25) is 0 Å². The van der Waals surface area contributed by atoms with Gasteiger partial charge in [-0.1, -0.05) is 66.2 Å². The van der Waals surface area contributed by atoms with Crippen molar-refractivity contribution in [2.75, 3.05) is 0 Å². The Bertz CT molecular complexity index is 1090. The monoisotopic (exact) mass is 389 g/mol. The minimum atomic E-state index is 0.219. The lowest BCUT2D eigenvalue weighted by Gasteiger charge is -2.23. The molecule has 29 heavy (non-hydrogen) atoms. The third kappa shape index (κ3) is 4.16. The van der Waals surface area contributed by atoms with Gasteiger partial charge in [0.15, 0.2) is 11.5 Å². The van der Waals surface area contributed by atoms with E-state index in [1.54, 1.807) is 5.48 Å². The summed E-state index contributed by atoms with van der Waals surface area (Å²) < 4.78 is 0. The Labute approximate surface area is 169 Å². The van der Waals surface area contributed by atoms with Crippen molar-refractivity contribution in [1.82, 2.24) is 5.48 Å². The molecule has 0 spiro atoms. The number of hydroxylamine groups is 2. The molecule has 5 N–H and O–H groups in total. The number of nitrogens with zero attached hydrogens (tertiary/aromatic N) is 2. The number of hydrogen-bond acceptors (Lipinski definition) is 5. The summed E-state index contributed by atoms with van der Waals surface area (Å²) in [5.74, 6) is 0.725. The molecule has 1 aliphatic rings. The summed E-state index contributed by atoms with van der Waals surface area (Å²) in [6, 6.07) is 20.4. The van der Waals surface area contributed by atoms with Crippen molar-refractivity contribution in [3.8, 4) is 0 Å². The number of oxime groups is 1. The van der Waals surface area contributed by atoms with E-state index in [1.807, 2.05) is 43.3 Å². The number of amidine groups is 1. The van der Waals surface area contributed by atoms with E-state index in [2.05, 4.69) is 47.1 Å². The number of quaternary nitrogens is 1. The van der Waals surface area contributed by atoms with E-state index >= 15 is 0 Å². The number of nitrogens with one attached hydrogen (secondary N) is 1. The Kier molecular flexibility index (Phi) is 5.33. The fourth-order valence-corrected chi connectivity index (χ4v) is 3.14. The lowest BCUT2D eigenvalue weighted by Crippen LogP contribution is -2.81. The smallest absolute Gasteiger partial charge is 0.197 e. The molecule has 0 radical (unpaired) electrons. The van der Waals surface area contributed by atoms with Crippen LogP contribution in [0.2, 0.25) is 0 Å². The molecule has 1 heterocycles. The quantitative estimate of drug-likeness (QED) is 0.564. The van der Waals surface area contributed by atoms with Gasteiger partial charge in [0.25, 0.3) is 0 Å². The first-order valence-corrected chi connectivity index (χ1v) is 9.32. The zero-order valence-corrected chi connectivity index (χ0v) is 16.3. The third-order valence-corrected chi connectivity index (χ3v) is 4.78. The summed E-state index contributed by atoms with van der Waals surface area (Å²) in [4.78, 5) is 10.8. The van der Waals surface area contributed by atoms with Crippen molar-refractivity contribution in [2.45, 2.75) is 20.5 Å². The zero-order valence-electron chi connectivity index (χ0n) is 16.3. The molecule has 4 rings (SSSR count). The fourth-order valence-electron chi connectivity index (χ4n) is 3.14. The Morgan fingerprint density at radius 1 is 1.10 bits per heavy atom. The molecule has 0 saturated heterocycles. The van der Waals surface area contributed by atoms with Crippen molar-refractivity contribution >= 4 is 22.3 Å². The number of fused-ring (bicyclic) bond motifs is 1. The van der Waals surface area contributed by atoms with E-state index in [0.29, 0.717) is 18.1 Å². The highest BCUT2D eigenvalue weighted by Gasteiger charge is 2.17. The molecule has 7 heteroatoms. The fraction of sp³-hybridized carbons (Fsp3) is 0.136. The van der Waals surface area contributed by atoms with Crippen LogP contribution in [-0.4, -0.2) is 5.84 Å². The maximum atomic E-state index is 5.94. The molecule has 0 amide bonds. The van der Waals surface area contributed by atoms with Gasteiger partial charge in [-0.3, -0.25) is 4.94 Å². The lowest BCUT2D eigenvalue weighted by molar-refractivity contribution is -0.864. The van der Waals surface area contributed by atoms with E-state index in [1.165, 1.54) is 16.3 Å². The minimum absolute atomic E-state index is 0.219. The molecule has 0 bridgehead atoms. The molecule has 0 fully saturated rings. The van der Waals surface area contributed by atoms with Crippen LogP contribution < -0.4 is 16.7 Å². The normalized spacial score (nSPS) is 14.9. The molecule has 1 aliphatic heterocycles. The Morgan fingerprint density at radius 2 is 1.90 bits per heavy atom. The van der Waals surface area contributed by atoms with Crippen LogP contribution >= 0.6 is 0 Å². The minimum Gasteiger partial charge on any atom is -0.606 e. The van der Waals surface area contributed by atoms with Crippen molar-refractivity contribution in [1.29, 1.82) is 0 Å². The molecule has 3 aromatic carbocycles. The summed E-state index contributed by atoms with van der Waals surface area (Å²) in [5.41, 5.74) is 14.9. The highest BCUT2D eigenvalue weighted by Crippen LogP contribution is 2.24. The van der Waals surface area contributed by atoms with E-state index in [4.69, 9.17) is 15.5 Å². The van der Waals surface area contributed by atoms with Gasteiger partial charge in [-0.05, 0) is 40.9 Å². The van der Waals surface area contributed by atoms with E-state index in [0.717, 1.165) is 16.8 Å². The van der Waals surface area contributed by atoms with Gasteiger partial charge in [0, 0.05) is 0 Å². The Balaban J connectivity index is 1.54. The molecule has 0 saturated carbocycles. The summed E-state index contributed by atoms with van der Waals surface area (Å²) >= 11 is 0. The highest BCUT2D eigenvalue weighted by atomic mass is 16.8. The molecule has 3 aromatic rings. The first kappa shape index (κ1) is 18.8. The zero-order chi connectivity index (χ0) is 20.2. The average molecular weight is 389 g/mol. The molecule has 0 unspecified atom stereocenters. The molecular formula is C22H23N5O2. The van der Waals surface area contributed by atoms with Crippen LogP contribution in [0.1, 0.15) is 16.7 Å². The lowest BCUT2D eigenvalue weighted by atomic mass is 10.0. The van der Waals surface area contributed by atoms with Crippen molar-refractivity contribution in [2.24, 2.45) is 10.9 Å².